The molecule has 3 N–H and O–H groups in total. The van der Waals surface area contributed by atoms with Gasteiger partial charge in [0, 0.05) is 18.2 Å². The van der Waals surface area contributed by atoms with Crippen molar-refractivity contribution in [2.24, 2.45) is 5.14 Å². The van der Waals surface area contributed by atoms with E-state index in [2.05, 4.69) is 10.5 Å². The van der Waals surface area contributed by atoms with Crippen molar-refractivity contribution in [3.8, 4) is 17.1 Å². The van der Waals surface area contributed by atoms with Crippen LogP contribution in [0.25, 0.3) is 11.3 Å². The molecular weight excluding hydrogens is 418 g/mol. The Morgan fingerprint density at radius 3 is 2.58 bits per heavy atom. The number of hydrogen-bond acceptors (Lipinski definition) is 6. The second-order valence-electron chi connectivity index (χ2n) is 7.59. The Bertz CT molecular complexity index is 1200. The number of nitrogens with zero attached hydrogens (tertiary/aromatic N) is 1. The summed E-state index contributed by atoms with van der Waals surface area (Å²) in [6.45, 7) is 0.426. The van der Waals surface area contributed by atoms with Crippen LogP contribution < -0.4 is 15.2 Å². The molecule has 1 aromatic heterocycles. The first kappa shape index (κ1) is 21.1. The van der Waals surface area contributed by atoms with Crippen molar-refractivity contribution in [1.82, 2.24) is 10.5 Å². The van der Waals surface area contributed by atoms with Crippen molar-refractivity contribution in [2.45, 2.75) is 29.6 Å². The molecule has 3 aromatic rings. The quantitative estimate of drug-likeness (QED) is 0.553. The zero-order chi connectivity index (χ0) is 22.1. The van der Waals surface area contributed by atoms with Gasteiger partial charge in [-0.3, -0.25) is 4.79 Å². The minimum absolute atomic E-state index is 0.0649. The number of methoxy groups -OCH3 is 1. The molecule has 0 bridgehead atoms. The van der Waals surface area contributed by atoms with Gasteiger partial charge in [-0.2, -0.15) is 0 Å². The van der Waals surface area contributed by atoms with Gasteiger partial charge in [-0.05, 0) is 49.1 Å². The highest BCUT2D eigenvalue weighted by Gasteiger charge is 2.53. The maximum Gasteiger partial charge on any atom is 0.238 e. The van der Waals surface area contributed by atoms with Gasteiger partial charge in [0.2, 0.25) is 15.9 Å². The number of hydrogen-bond donors (Lipinski definition) is 2. The lowest BCUT2D eigenvalue weighted by atomic mass is 10.00. The van der Waals surface area contributed by atoms with Gasteiger partial charge in [0.05, 0.1) is 23.1 Å². The van der Waals surface area contributed by atoms with Gasteiger partial charge in [0.1, 0.15) is 5.75 Å². The van der Waals surface area contributed by atoms with E-state index in [9.17, 15) is 13.2 Å². The highest BCUT2D eigenvalue weighted by Crippen LogP contribution is 2.48. The van der Waals surface area contributed by atoms with Crippen LogP contribution in [0.15, 0.2) is 64.0 Å². The van der Waals surface area contributed by atoms with Gasteiger partial charge in [-0.15, -0.1) is 0 Å². The summed E-state index contributed by atoms with van der Waals surface area (Å²) in [5, 5.41) is 12.2. The van der Waals surface area contributed by atoms with Crippen LogP contribution in [0.3, 0.4) is 0 Å². The predicted molar refractivity (Wildman–Crippen MR) is 114 cm³/mol. The molecule has 2 aromatic carbocycles. The maximum absolute atomic E-state index is 12.8. The third kappa shape index (κ3) is 4.47. The van der Waals surface area contributed by atoms with Gasteiger partial charge in [-0.25, -0.2) is 13.6 Å². The summed E-state index contributed by atoms with van der Waals surface area (Å²) in [6, 6.07) is 15.6. The van der Waals surface area contributed by atoms with E-state index in [1.165, 1.54) is 12.1 Å². The van der Waals surface area contributed by atoms with E-state index in [4.69, 9.17) is 14.4 Å². The molecule has 0 aliphatic heterocycles. The van der Waals surface area contributed by atoms with Crippen molar-refractivity contribution in [3.63, 3.8) is 0 Å². The third-order valence-corrected chi connectivity index (χ3v) is 6.42. The maximum atomic E-state index is 12.8. The summed E-state index contributed by atoms with van der Waals surface area (Å²) in [5.74, 6) is 1.22. The van der Waals surface area contributed by atoms with E-state index in [0.29, 0.717) is 43.0 Å². The average Bonchev–Trinajstić information content (AvgIpc) is 3.43. The van der Waals surface area contributed by atoms with Gasteiger partial charge in [0.15, 0.2) is 5.76 Å². The molecule has 0 radical (unpaired) electrons. The van der Waals surface area contributed by atoms with Crippen LogP contribution in [-0.2, 0) is 26.7 Å². The molecule has 1 amide bonds. The van der Waals surface area contributed by atoms with Crippen LogP contribution in [-0.4, -0.2) is 33.1 Å². The molecule has 1 saturated carbocycles. The zero-order valence-corrected chi connectivity index (χ0v) is 17.8. The standard InChI is InChI=1S/C22H23N3O5S/c1-29-17-4-2-3-16(13-17)19-14-20(25-30-19)22(10-11-22)21(26)24-12-9-15-5-7-18(8-6-15)31(23,27)28/h2-8,13-14H,9-12H2,1H3,(H,24,26)(H2,23,27,28). The molecule has 31 heavy (non-hydrogen) atoms. The summed E-state index contributed by atoms with van der Waals surface area (Å²) in [7, 11) is -2.11. The van der Waals surface area contributed by atoms with Gasteiger partial charge in [0.25, 0.3) is 0 Å². The first-order valence-corrected chi connectivity index (χ1v) is 11.4. The number of aromatic nitrogens is 1. The molecule has 1 aliphatic carbocycles. The fourth-order valence-corrected chi connectivity index (χ4v) is 3.99. The SMILES string of the molecule is COc1cccc(-c2cc(C3(C(=O)NCCc4ccc(S(N)(=O)=O)cc4)CC3)no2)c1. The van der Waals surface area contributed by atoms with Crippen LogP contribution in [0.4, 0.5) is 0 Å². The Hall–Kier alpha value is -3.17. The predicted octanol–water partition coefficient (Wildman–Crippen LogP) is 2.39. The number of carbonyl (C=O) groups excluding carboxylic acids is 1. The minimum atomic E-state index is -3.71. The first-order chi connectivity index (χ1) is 14.8. The number of benzene rings is 2. The van der Waals surface area contributed by atoms with Gasteiger partial charge in [-0.1, -0.05) is 29.4 Å². The number of ether oxygens (including phenoxy) is 1. The molecule has 8 nitrogen and oxygen atoms in total. The first-order valence-electron chi connectivity index (χ1n) is 9.83. The summed E-state index contributed by atoms with van der Waals surface area (Å²) in [4.78, 5) is 12.9. The lowest BCUT2D eigenvalue weighted by Crippen LogP contribution is -2.36. The second-order valence-corrected chi connectivity index (χ2v) is 9.15. The molecule has 4 rings (SSSR count). The summed E-state index contributed by atoms with van der Waals surface area (Å²) >= 11 is 0. The Kier molecular flexibility index (Phi) is 5.55. The van der Waals surface area contributed by atoms with E-state index in [1.54, 1.807) is 19.2 Å². The third-order valence-electron chi connectivity index (χ3n) is 5.49. The normalized spacial score (nSPS) is 14.8. The fourth-order valence-electron chi connectivity index (χ4n) is 3.47. The highest BCUT2D eigenvalue weighted by atomic mass is 32.2. The molecule has 162 valence electrons. The highest BCUT2D eigenvalue weighted by molar-refractivity contribution is 7.89. The van der Waals surface area contributed by atoms with E-state index >= 15 is 0 Å². The lowest BCUT2D eigenvalue weighted by Gasteiger charge is -2.12. The number of sulfonamides is 1. The van der Waals surface area contributed by atoms with Crippen molar-refractivity contribution < 1.29 is 22.5 Å². The monoisotopic (exact) mass is 441 g/mol. The topological polar surface area (TPSA) is 125 Å². The second kappa shape index (κ2) is 8.16. The van der Waals surface area contributed by atoms with Crippen LogP contribution in [0.5, 0.6) is 5.75 Å². The smallest absolute Gasteiger partial charge is 0.238 e. The minimum Gasteiger partial charge on any atom is -0.497 e. The van der Waals surface area contributed by atoms with Crippen molar-refractivity contribution >= 4 is 15.9 Å². The number of carbonyl (C=O) groups is 1. The molecule has 0 spiro atoms. The average molecular weight is 442 g/mol. The zero-order valence-electron chi connectivity index (χ0n) is 17.0. The Labute approximate surface area is 180 Å². The molecule has 1 aliphatic rings. The Balaban J connectivity index is 1.38. The van der Waals surface area contributed by atoms with Gasteiger partial charge < -0.3 is 14.6 Å². The molecule has 1 fully saturated rings. The van der Waals surface area contributed by atoms with E-state index in [-0.39, 0.29) is 10.8 Å². The van der Waals surface area contributed by atoms with E-state index in [1.807, 2.05) is 30.3 Å². The number of primary sulfonamides is 1. The lowest BCUT2D eigenvalue weighted by molar-refractivity contribution is -0.123. The van der Waals surface area contributed by atoms with Crippen LogP contribution in [0.2, 0.25) is 0 Å². The number of amides is 1. The van der Waals surface area contributed by atoms with Gasteiger partial charge >= 0.3 is 0 Å². The molecular formula is C22H23N3O5S. The van der Waals surface area contributed by atoms with Crippen molar-refractivity contribution in [3.05, 3.63) is 65.9 Å². The number of nitrogens with two attached hydrogens (primary N) is 1. The van der Waals surface area contributed by atoms with Crippen LogP contribution in [0, 0.1) is 0 Å². The Morgan fingerprint density at radius 2 is 1.94 bits per heavy atom. The summed E-state index contributed by atoms with van der Waals surface area (Å²) in [6.07, 6.45) is 2.00. The molecule has 0 atom stereocenters. The summed E-state index contributed by atoms with van der Waals surface area (Å²) < 4.78 is 33.4. The van der Waals surface area contributed by atoms with E-state index < -0.39 is 15.4 Å². The van der Waals surface area contributed by atoms with E-state index in [0.717, 1.165) is 11.1 Å². The van der Waals surface area contributed by atoms with Crippen molar-refractivity contribution in [2.75, 3.05) is 13.7 Å². The molecule has 1 heterocycles. The largest absolute Gasteiger partial charge is 0.497 e. The number of nitrogens with one attached hydrogen (secondary N) is 1. The number of rotatable bonds is 8. The summed E-state index contributed by atoms with van der Waals surface area (Å²) in [5.41, 5.74) is 1.70. The fraction of sp³-hybridized carbons (Fsp3) is 0.273. The van der Waals surface area contributed by atoms with Crippen LogP contribution >= 0.6 is 0 Å². The Morgan fingerprint density at radius 1 is 1.19 bits per heavy atom. The van der Waals surface area contributed by atoms with Crippen LogP contribution in [0.1, 0.15) is 24.1 Å². The van der Waals surface area contributed by atoms with Crippen molar-refractivity contribution in [1.29, 1.82) is 0 Å². The molecule has 9 heteroatoms. The molecule has 0 unspecified atom stereocenters. The molecule has 0 saturated heterocycles.